The Kier molecular flexibility index (Phi) is 4.14. The summed E-state index contributed by atoms with van der Waals surface area (Å²) in [7, 11) is 0. The predicted molar refractivity (Wildman–Crippen MR) is 94.7 cm³/mol. The Labute approximate surface area is 149 Å². The summed E-state index contributed by atoms with van der Waals surface area (Å²) >= 11 is 0. The lowest BCUT2D eigenvalue weighted by atomic mass is 10.1. The zero-order chi connectivity index (χ0) is 17.9. The average molecular weight is 348 g/mol. The molecule has 3 aromatic rings. The molecule has 8 nitrogen and oxygen atoms in total. The van der Waals surface area contributed by atoms with E-state index in [0.717, 1.165) is 11.4 Å². The Morgan fingerprint density at radius 3 is 2.50 bits per heavy atom. The Balaban J connectivity index is 1.41. The lowest BCUT2D eigenvalue weighted by Gasteiger charge is -2.16. The number of anilines is 2. The van der Waals surface area contributed by atoms with E-state index in [1.807, 2.05) is 42.5 Å². The van der Waals surface area contributed by atoms with Crippen LogP contribution in [0.4, 0.5) is 11.4 Å². The number of aromatic nitrogens is 4. The number of rotatable bonds is 4. The van der Waals surface area contributed by atoms with E-state index >= 15 is 0 Å². The number of tetrazole rings is 1. The molecule has 2 heterocycles. The van der Waals surface area contributed by atoms with Crippen LogP contribution in [0.5, 0.6) is 0 Å². The number of benzene rings is 2. The van der Waals surface area contributed by atoms with Gasteiger partial charge in [-0.2, -0.15) is 0 Å². The number of hydrogen-bond acceptors (Lipinski definition) is 5. The molecule has 4 rings (SSSR count). The molecule has 1 aliphatic heterocycles. The van der Waals surface area contributed by atoms with Crippen LogP contribution >= 0.6 is 0 Å². The van der Waals surface area contributed by atoms with Gasteiger partial charge in [0.1, 0.15) is 6.33 Å². The van der Waals surface area contributed by atoms with Crippen molar-refractivity contribution in [2.75, 3.05) is 16.8 Å². The summed E-state index contributed by atoms with van der Waals surface area (Å²) in [6.07, 6.45) is 1.71. The molecule has 1 saturated heterocycles. The molecule has 1 fully saturated rings. The smallest absolute Gasteiger partial charge is 0.229 e. The fourth-order valence-electron chi connectivity index (χ4n) is 2.96. The van der Waals surface area contributed by atoms with Crippen molar-refractivity contribution in [2.24, 2.45) is 5.92 Å². The number of nitrogens with zero attached hydrogens (tertiary/aromatic N) is 5. The Bertz CT molecular complexity index is 909. The van der Waals surface area contributed by atoms with Crippen LogP contribution in [-0.2, 0) is 9.59 Å². The second-order valence-electron chi connectivity index (χ2n) is 6.03. The highest BCUT2D eigenvalue weighted by Gasteiger charge is 2.35. The summed E-state index contributed by atoms with van der Waals surface area (Å²) in [5.74, 6) is -0.570. The highest BCUT2D eigenvalue weighted by molar-refractivity contribution is 6.03. The quantitative estimate of drug-likeness (QED) is 0.774. The molecular weight excluding hydrogens is 332 g/mol. The van der Waals surface area contributed by atoms with Gasteiger partial charge in [-0.3, -0.25) is 9.59 Å². The second kappa shape index (κ2) is 6.75. The first-order valence-electron chi connectivity index (χ1n) is 8.20. The maximum absolute atomic E-state index is 12.5. The first-order valence-corrected chi connectivity index (χ1v) is 8.20. The Morgan fingerprint density at radius 1 is 1.04 bits per heavy atom. The first-order chi connectivity index (χ1) is 12.7. The highest BCUT2D eigenvalue weighted by atomic mass is 16.2. The third-order valence-corrected chi connectivity index (χ3v) is 4.31. The topological polar surface area (TPSA) is 93.0 Å². The number of carbonyl (C=O) groups excluding carboxylic acids is 2. The monoisotopic (exact) mass is 348 g/mol. The molecule has 0 aliphatic carbocycles. The summed E-state index contributed by atoms with van der Waals surface area (Å²) < 4.78 is 1.53. The molecule has 1 aliphatic rings. The van der Waals surface area contributed by atoms with E-state index in [0.29, 0.717) is 12.2 Å². The van der Waals surface area contributed by atoms with E-state index in [2.05, 4.69) is 20.8 Å². The van der Waals surface area contributed by atoms with Crippen molar-refractivity contribution in [2.45, 2.75) is 6.42 Å². The Morgan fingerprint density at radius 2 is 1.81 bits per heavy atom. The molecule has 0 bridgehead atoms. The maximum atomic E-state index is 12.5. The lowest BCUT2D eigenvalue weighted by molar-refractivity contribution is -0.122. The van der Waals surface area contributed by atoms with Gasteiger partial charge >= 0.3 is 0 Å². The third-order valence-electron chi connectivity index (χ3n) is 4.31. The minimum Gasteiger partial charge on any atom is -0.326 e. The molecule has 0 saturated carbocycles. The summed E-state index contributed by atoms with van der Waals surface area (Å²) in [5.41, 5.74) is 2.27. The van der Waals surface area contributed by atoms with Gasteiger partial charge in [0.15, 0.2) is 0 Å². The molecule has 2 aromatic carbocycles. The number of carbonyl (C=O) groups is 2. The summed E-state index contributed by atoms with van der Waals surface area (Å²) in [6, 6.07) is 16.6. The Hall–Kier alpha value is -3.55. The minimum absolute atomic E-state index is 0.0367. The molecule has 1 atom stereocenters. The summed E-state index contributed by atoms with van der Waals surface area (Å²) in [4.78, 5) is 26.4. The van der Waals surface area contributed by atoms with Crippen LogP contribution in [0.15, 0.2) is 60.9 Å². The van der Waals surface area contributed by atoms with Crippen molar-refractivity contribution in [1.29, 1.82) is 0 Å². The minimum atomic E-state index is -0.373. The maximum Gasteiger partial charge on any atom is 0.229 e. The van der Waals surface area contributed by atoms with Crippen LogP contribution in [-0.4, -0.2) is 38.6 Å². The molecule has 1 unspecified atom stereocenters. The van der Waals surface area contributed by atoms with E-state index in [1.54, 1.807) is 17.0 Å². The molecule has 130 valence electrons. The normalized spacial score (nSPS) is 16.7. The fourth-order valence-corrected chi connectivity index (χ4v) is 2.96. The molecule has 1 N–H and O–H groups in total. The molecule has 0 radical (unpaired) electrons. The van der Waals surface area contributed by atoms with Crippen LogP contribution in [0, 0.1) is 5.92 Å². The van der Waals surface area contributed by atoms with Crippen molar-refractivity contribution >= 4 is 23.2 Å². The van der Waals surface area contributed by atoms with Crippen LogP contribution in [0.25, 0.3) is 5.69 Å². The molecule has 0 spiro atoms. The second-order valence-corrected chi connectivity index (χ2v) is 6.03. The van der Waals surface area contributed by atoms with Crippen molar-refractivity contribution in [1.82, 2.24) is 20.2 Å². The molecule has 1 aromatic heterocycles. The zero-order valence-corrected chi connectivity index (χ0v) is 13.8. The summed E-state index contributed by atoms with van der Waals surface area (Å²) in [5, 5.41) is 13.9. The fraction of sp³-hybridized carbons (Fsp3) is 0.167. The standard InChI is InChI=1S/C18H16N6O2/c25-17-10-13(11-23(17)15-4-2-1-3-5-15)18(26)20-14-6-8-16(9-7-14)24-12-19-21-22-24/h1-9,12-13H,10-11H2,(H,20,26). The molecular formula is C18H16N6O2. The van der Waals surface area contributed by atoms with Crippen LogP contribution in [0.3, 0.4) is 0 Å². The average Bonchev–Trinajstić information content (AvgIpc) is 3.33. The van der Waals surface area contributed by atoms with Gasteiger partial charge in [-0.25, -0.2) is 4.68 Å². The molecule has 26 heavy (non-hydrogen) atoms. The number of hydrogen-bond donors (Lipinski definition) is 1. The van der Waals surface area contributed by atoms with Crippen LogP contribution in [0.2, 0.25) is 0 Å². The van der Waals surface area contributed by atoms with Crippen molar-refractivity contribution in [3.8, 4) is 5.69 Å². The first kappa shape index (κ1) is 15.9. The van der Waals surface area contributed by atoms with E-state index < -0.39 is 0 Å². The van der Waals surface area contributed by atoms with Crippen molar-refractivity contribution in [3.05, 3.63) is 60.9 Å². The largest absolute Gasteiger partial charge is 0.326 e. The van der Waals surface area contributed by atoms with Crippen LogP contribution < -0.4 is 10.2 Å². The molecule has 8 heteroatoms. The van der Waals surface area contributed by atoms with Gasteiger partial charge in [0, 0.05) is 24.3 Å². The van der Waals surface area contributed by atoms with Gasteiger partial charge in [-0.05, 0) is 46.8 Å². The lowest BCUT2D eigenvalue weighted by Crippen LogP contribution is -2.28. The van der Waals surface area contributed by atoms with Gasteiger partial charge in [-0.1, -0.05) is 18.2 Å². The van der Waals surface area contributed by atoms with Gasteiger partial charge in [0.2, 0.25) is 11.8 Å². The third kappa shape index (κ3) is 3.16. The van der Waals surface area contributed by atoms with E-state index in [-0.39, 0.29) is 24.2 Å². The number of nitrogens with one attached hydrogen (secondary N) is 1. The number of amides is 2. The van der Waals surface area contributed by atoms with Gasteiger partial charge in [0.05, 0.1) is 11.6 Å². The predicted octanol–water partition coefficient (Wildman–Crippen LogP) is 1.65. The van der Waals surface area contributed by atoms with Crippen molar-refractivity contribution in [3.63, 3.8) is 0 Å². The van der Waals surface area contributed by atoms with E-state index in [4.69, 9.17) is 0 Å². The van der Waals surface area contributed by atoms with Gasteiger partial charge in [0.25, 0.3) is 0 Å². The summed E-state index contributed by atoms with van der Waals surface area (Å²) in [6.45, 7) is 0.386. The van der Waals surface area contributed by atoms with E-state index in [9.17, 15) is 9.59 Å². The van der Waals surface area contributed by atoms with E-state index in [1.165, 1.54) is 11.0 Å². The highest BCUT2D eigenvalue weighted by Crippen LogP contribution is 2.26. The molecule has 2 amide bonds. The van der Waals surface area contributed by atoms with Crippen LogP contribution in [0.1, 0.15) is 6.42 Å². The SMILES string of the molecule is O=C(Nc1ccc(-n2cnnn2)cc1)C1CC(=O)N(c2ccccc2)C1. The zero-order valence-electron chi connectivity index (χ0n) is 13.8. The van der Waals surface area contributed by atoms with Gasteiger partial charge < -0.3 is 10.2 Å². The van der Waals surface area contributed by atoms with Crippen molar-refractivity contribution < 1.29 is 9.59 Å². The van der Waals surface area contributed by atoms with Gasteiger partial charge in [-0.15, -0.1) is 5.10 Å². The number of para-hydroxylation sites is 1.